The summed E-state index contributed by atoms with van der Waals surface area (Å²) in [5, 5.41) is 3.02. The Hall–Kier alpha value is -1.95. The minimum atomic E-state index is 0.0248. The van der Waals surface area contributed by atoms with Gasteiger partial charge in [0, 0.05) is 57.5 Å². The lowest BCUT2D eigenvalue weighted by atomic mass is 9.97. The van der Waals surface area contributed by atoms with Gasteiger partial charge in [-0.15, -0.1) is 0 Å². The summed E-state index contributed by atoms with van der Waals surface area (Å²) < 4.78 is 0. The smallest absolute Gasteiger partial charge is 0.225 e. The lowest BCUT2D eigenvalue weighted by molar-refractivity contribution is -0.136. The van der Waals surface area contributed by atoms with Gasteiger partial charge in [0.1, 0.15) is 0 Å². The summed E-state index contributed by atoms with van der Waals surface area (Å²) in [6.45, 7) is 4.85. The zero-order valence-electron chi connectivity index (χ0n) is 16.9. The largest absolute Gasteiger partial charge is 0.356 e. The maximum Gasteiger partial charge on any atom is 0.225 e. The molecule has 1 unspecified atom stereocenters. The van der Waals surface area contributed by atoms with Crippen LogP contribution in [0.4, 0.5) is 0 Å². The van der Waals surface area contributed by atoms with Crippen molar-refractivity contribution in [2.24, 2.45) is 5.92 Å². The number of nitrogens with one attached hydrogen (secondary N) is 1. The molecule has 1 aromatic rings. The zero-order valence-corrected chi connectivity index (χ0v) is 16.9. The Morgan fingerprint density at radius 2 is 1.89 bits per heavy atom. The highest BCUT2D eigenvalue weighted by Crippen LogP contribution is 2.19. The van der Waals surface area contributed by atoms with E-state index in [-0.39, 0.29) is 11.8 Å². The van der Waals surface area contributed by atoms with E-state index in [2.05, 4.69) is 26.2 Å². The highest BCUT2D eigenvalue weighted by Gasteiger charge is 2.25. The molecule has 1 aromatic heterocycles. The van der Waals surface area contributed by atoms with E-state index in [9.17, 15) is 9.59 Å². The summed E-state index contributed by atoms with van der Waals surface area (Å²) in [5.74, 6) is 0.407. The van der Waals surface area contributed by atoms with Crippen molar-refractivity contribution in [3.63, 3.8) is 0 Å². The van der Waals surface area contributed by atoms with Crippen LogP contribution >= 0.6 is 0 Å². The number of hydrogen-bond donors (Lipinski definition) is 1. The van der Waals surface area contributed by atoms with Crippen LogP contribution in [-0.2, 0) is 16.1 Å². The van der Waals surface area contributed by atoms with Crippen molar-refractivity contribution in [3.8, 4) is 0 Å². The lowest BCUT2D eigenvalue weighted by Gasteiger charge is -2.27. The number of carbonyl (C=O) groups excluding carboxylic acids is 2. The van der Waals surface area contributed by atoms with Crippen LogP contribution in [0.3, 0.4) is 0 Å². The topological polar surface area (TPSA) is 65.5 Å². The fourth-order valence-corrected chi connectivity index (χ4v) is 4.26. The molecule has 0 saturated carbocycles. The minimum absolute atomic E-state index is 0.0248. The first-order valence-electron chi connectivity index (χ1n) is 10.9. The molecule has 0 radical (unpaired) electrons. The molecule has 2 amide bonds. The molecule has 2 aliphatic rings. The normalized spacial score (nSPS) is 23.4. The van der Waals surface area contributed by atoms with Gasteiger partial charge in [-0.1, -0.05) is 18.9 Å². The van der Waals surface area contributed by atoms with Gasteiger partial charge in [-0.05, 0) is 50.3 Å². The molecule has 154 valence electrons. The molecule has 28 heavy (non-hydrogen) atoms. The summed E-state index contributed by atoms with van der Waals surface area (Å²) in [5.41, 5.74) is 1.16. The van der Waals surface area contributed by atoms with E-state index in [1.807, 2.05) is 12.3 Å². The molecule has 6 heteroatoms. The van der Waals surface area contributed by atoms with Crippen molar-refractivity contribution in [3.05, 3.63) is 30.1 Å². The van der Waals surface area contributed by atoms with E-state index < -0.39 is 0 Å². The number of rotatable bonds is 3. The van der Waals surface area contributed by atoms with Crippen LogP contribution in [0.25, 0.3) is 0 Å². The fraction of sp³-hybridized carbons (Fsp3) is 0.682. The molecular formula is C22H34N4O2. The van der Waals surface area contributed by atoms with E-state index in [1.165, 1.54) is 12.8 Å². The number of likely N-dealkylation sites (tertiary alicyclic amines) is 1. The van der Waals surface area contributed by atoms with Crippen LogP contribution in [-0.4, -0.2) is 59.3 Å². The van der Waals surface area contributed by atoms with Gasteiger partial charge in [-0.3, -0.25) is 19.5 Å². The highest BCUT2D eigenvalue weighted by molar-refractivity contribution is 5.79. The van der Waals surface area contributed by atoms with Crippen LogP contribution in [0, 0.1) is 5.92 Å². The maximum absolute atomic E-state index is 13.1. The quantitative estimate of drug-likeness (QED) is 0.867. The molecular weight excluding hydrogens is 352 g/mol. The van der Waals surface area contributed by atoms with Crippen molar-refractivity contribution in [1.82, 2.24) is 20.1 Å². The Morgan fingerprint density at radius 1 is 1.07 bits per heavy atom. The fourth-order valence-electron chi connectivity index (χ4n) is 4.26. The van der Waals surface area contributed by atoms with E-state index in [0.29, 0.717) is 18.9 Å². The third-order valence-electron chi connectivity index (χ3n) is 5.89. The number of nitrogens with zero attached hydrogens (tertiary/aromatic N) is 3. The number of carbonyl (C=O) groups is 2. The van der Waals surface area contributed by atoms with Crippen LogP contribution < -0.4 is 5.32 Å². The SMILES string of the molecule is O=C1CCN(Cc2cccnc2)CCCC(C(=O)N2CCCCCC2)CCN1. The monoisotopic (exact) mass is 386 g/mol. The molecule has 1 atom stereocenters. The van der Waals surface area contributed by atoms with Gasteiger partial charge in [0.15, 0.2) is 0 Å². The molecule has 2 saturated heterocycles. The molecule has 0 aliphatic carbocycles. The van der Waals surface area contributed by atoms with Crippen molar-refractivity contribution >= 4 is 11.8 Å². The second kappa shape index (κ2) is 11.1. The predicted molar refractivity (Wildman–Crippen MR) is 110 cm³/mol. The predicted octanol–water partition coefficient (Wildman–Crippen LogP) is 2.59. The number of hydrogen-bond acceptors (Lipinski definition) is 4. The molecule has 3 rings (SSSR count). The minimum Gasteiger partial charge on any atom is -0.356 e. The lowest BCUT2D eigenvalue weighted by Crippen LogP contribution is -2.38. The first kappa shape index (κ1) is 20.8. The van der Waals surface area contributed by atoms with Crippen LogP contribution in [0.2, 0.25) is 0 Å². The Morgan fingerprint density at radius 3 is 2.64 bits per heavy atom. The summed E-state index contributed by atoms with van der Waals surface area (Å²) in [4.78, 5) is 33.9. The third kappa shape index (κ3) is 6.59. The van der Waals surface area contributed by atoms with Gasteiger partial charge < -0.3 is 10.2 Å². The molecule has 1 N–H and O–H groups in total. The third-order valence-corrected chi connectivity index (χ3v) is 5.89. The van der Waals surface area contributed by atoms with Gasteiger partial charge in [-0.25, -0.2) is 0 Å². The Balaban J connectivity index is 1.60. The van der Waals surface area contributed by atoms with E-state index in [0.717, 1.165) is 70.4 Å². The van der Waals surface area contributed by atoms with Crippen molar-refractivity contribution in [2.75, 3.05) is 32.7 Å². The van der Waals surface area contributed by atoms with Crippen molar-refractivity contribution in [2.45, 2.75) is 57.9 Å². The molecule has 2 fully saturated rings. The Bertz CT molecular complexity index is 614. The zero-order chi connectivity index (χ0) is 19.6. The number of aromatic nitrogens is 1. The summed E-state index contributed by atoms with van der Waals surface area (Å²) in [6, 6.07) is 4.02. The molecule has 3 heterocycles. The van der Waals surface area contributed by atoms with Crippen LogP contribution in [0.1, 0.15) is 56.9 Å². The first-order valence-corrected chi connectivity index (χ1v) is 10.9. The first-order chi connectivity index (χ1) is 13.7. The van der Waals surface area contributed by atoms with E-state index in [1.54, 1.807) is 6.20 Å². The van der Waals surface area contributed by atoms with Gasteiger partial charge in [0.2, 0.25) is 11.8 Å². The van der Waals surface area contributed by atoms with Gasteiger partial charge in [0.05, 0.1) is 0 Å². The van der Waals surface area contributed by atoms with Crippen molar-refractivity contribution < 1.29 is 9.59 Å². The summed E-state index contributed by atoms with van der Waals surface area (Å²) in [7, 11) is 0. The second-order valence-corrected chi connectivity index (χ2v) is 8.10. The molecule has 2 aliphatic heterocycles. The van der Waals surface area contributed by atoms with Gasteiger partial charge >= 0.3 is 0 Å². The number of pyridine rings is 1. The second-order valence-electron chi connectivity index (χ2n) is 8.10. The molecule has 0 aromatic carbocycles. The van der Waals surface area contributed by atoms with Crippen LogP contribution in [0.5, 0.6) is 0 Å². The average molecular weight is 387 g/mol. The summed E-state index contributed by atoms with van der Waals surface area (Å²) >= 11 is 0. The standard InChI is InChI=1S/C22H34N4O2/c27-21-10-16-25(18-19-7-5-11-23-17-19)13-6-8-20(9-12-24-21)22(28)26-14-3-1-2-4-15-26/h5,7,11,17,20H,1-4,6,8-10,12-16,18H2,(H,24,27). The van der Waals surface area contributed by atoms with Crippen LogP contribution in [0.15, 0.2) is 24.5 Å². The number of amides is 2. The molecule has 0 bridgehead atoms. The van der Waals surface area contributed by atoms with Gasteiger partial charge in [-0.2, -0.15) is 0 Å². The maximum atomic E-state index is 13.1. The summed E-state index contributed by atoms with van der Waals surface area (Å²) in [6.07, 6.45) is 11.5. The average Bonchev–Trinajstić information content (AvgIpc) is 3.01. The van der Waals surface area contributed by atoms with Crippen molar-refractivity contribution in [1.29, 1.82) is 0 Å². The van der Waals surface area contributed by atoms with Gasteiger partial charge in [0.25, 0.3) is 0 Å². The molecule has 6 nitrogen and oxygen atoms in total. The Labute approximate surface area is 168 Å². The van der Waals surface area contributed by atoms with E-state index in [4.69, 9.17) is 0 Å². The Kier molecular flexibility index (Phi) is 8.27. The molecule has 0 spiro atoms. The van der Waals surface area contributed by atoms with E-state index >= 15 is 0 Å². The highest BCUT2D eigenvalue weighted by atomic mass is 16.2.